The number of hydrogen-bond acceptors (Lipinski definition) is 3. The monoisotopic (exact) mass is 347 g/mol. The normalized spacial score (nSPS) is 32.6. The number of anilines is 1. The minimum absolute atomic E-state index is 0.0123. The molecule has 24 heavy (non-hydrogen) atoms. The molecule has 1 aliphatic carbocycles. The number of halogens is 1. The number of nitrogens with one attached hydrogen (secondary N) is 2. The van der Waals surface area contributed by atoms with Crippen LogP contribution in [0.15, 0.2) is 24.3 Å². The van der Waals surface area contributed by atoms with Gasteiger partial charge in [-0.1, -0.05) is 30.5 Å². The number of benzene rings is 1. The van der Waals surface area contributed by atoms with Crippen molar-refractivity contribution in [2.24, 2.45) is 5.92 Å². The summed E-state index contributed by atoms with van der Waals surface area (Å²) in [5, 5.41) is 7.60. The van der Waals surface area contributed by atoms with Crippen LogP contribution >= 0.6 is 11.6 Å². The van der Waals surface area contributed by atoms with Crippen molar-refractivity contribution in [1.29, 1.82) is 0 Å². The first-order chi connectivity index (χ1) is 11.7. The predicted molar refractivity (Wildman–Crippen MR) is 97.5 cm³/mol. The molecule has 4 nitrogen and oxygen atoms in total. The van der Waals surface area contributed by atoms with Crippen molar-refractivity contribution in [3.8, 4) is 0 Å². The van der Waals surface area contributed by atoms with Crippen LogP contribution in [0.3, 0.4) is 0 Å². The number of amides is 1. The molecule has 0 spiro atoms. The third-order valence-electron chi connectivity index (χ3n) is 5.89. The average molecular weight is 348 g/mol. The van der Waals surface area contributed by atoms with Crippen LogP contribution in [0, 0.1) is 5.92 Å². The van der Waals surface area contributed by atoms with Crippen molar-refractivity contribution in [3.05, 3.63) is 29.3 Å². The predicted octanol–water partition coefficient (Wildman–Crippen LogP) is 2.96. The Kier molecular flexibility index (Phi) is 4.68. The van der Waals surface area contributed by atoms with E-state index < -0.39 is 0 Å². The fraction of sp³-hybridized carbons (Fsp3) is 0.632. The molecule has 130 valence electrons. The van der Waals surface area contributed by atoms with Crippen LogP contribution in [0.5, 0.6) is 0 Å². The van der Waals surface area contributed by atoms with Crippen molar-refractivity contribution in [2.75, 3.05) is 18.0 Å². The highest BCUT2D eigenvalue weighted by Crippen LogP contribution is 2.33. The molecule has 2 N–H and O–H groups in total. The Morgan fingerprint density at radius 3 is 2.96 bits per heavy atom. The van der Waals surface area contributed by atoms with Gasteiger partial charge in [0, 0.05) is 35.9 Å². The highest BCUT2D eigenvalue weighted by atomic mass is 35.5. The van der Waals surface area contributed by atoms with E-state index in [-0.39, 0.29) is 18.0 Å². The van der Waals surface area contributed by atoms with Gasteiger partial charge in [0.05, 0.1) is 6.04 Å². The molecule has 1 amide bonds. The minimum atomic E-state index is 0.0123. The van der Waals surface area contributed by atoms with Gasteiger partial charge in [-0.25, -0.2) is 0 Å². The lowest BCUT2D eigenvalue weighted by Crippen LogP contribution is -2.47. The lowest BCUT2D eigenvalue weighted by atomic mass is 9.85. The van der Waals surface area contributed by atoms with E-state index in [1.165, 1.54) is 25.7 Å². The third kappa shape index (κ3) is 3.40. The molecular formula is C19H26ClN3O. The number of carbonyl (C=O) groups excluding carboxylic acids is 1. The summed E-state index contributed by atoms with van der Waals surface area (Å²) in [6.45, 7) is 1.83. The van der Waals surface area contributed by atoms with Crippen molar-refractivity contribution < 1.29 is 4.79 Å². The Labute approximate surface area is 148 Å². The van der Waals surface area contributed by atoms with Gasteiger partial charge in [-0.15, -0.1) is 0 Å². The Bertz CT molecular complexity index is 594. The topological polar surface area (TPSA) is 44.4 Å². The molecule has 3 aliphatic rings. The molecule has 1 aromatic rings. The van der Waals surface area contributed by atoms with Crippen molar-refractivity contribution >= 4 is 23.2 Å². The lowest BCUT2D eigenvalue weighted by molar-refractivity contribution is -0.123. The van der Waals surface area contributed by atoms with Gasteiger partial charge < -0.3 is 15.5 Å². The molecule has 2 aliphatic heterocycles. The van der Waals surface area contributed by atoms with E-state index in [1.807, 2.05) is 18.2 Å². The van der Waals surface area contributed by atoms with Gasteiger partial charge in [-0.3, -0.25) is 4.79 Å². The van der Waals surface area contributed by atoms with Crippen molar-refractivity contribution in [3.63, 3.8) is 0 Å². The first-order valence-electron chi connectivity index (χ1n) is 9.26. The van der Waals surface area contributed by atoms with E-state index in [4.69, 9.17) is 11.6 Å². The van der Waals surface area contributed by atoms with Gasteiger partial charge in [-0.2, -0.15) is 0 Å². The first-order valence-corrected chi connectivity index (χ1v) is 9.64. The summed E-state index contributed by atoms with van der Waals surface area (Å²) in [4.78, 5) is 14.9. The first kappa shape index (κ1) is 16.2. The van der Waals surface area contributed by atoms with Crippen LogP contribution in [0.4, 0.5) is 5.69 Å². The molecule has 5 heteroatoms. The number of fused-ring (bicyclic) bond motifs is 1. The summed E-state index contributed by atoms with van der Waals surface area (Å²) >= 11 is 6.09. The lowest BCUT2D eigenvalue weighted by Gasteiger charge is -2.24. The second kappa shape index (κ2) is 6.93. The largest absolute Gasteiger partial charge is 0.369 e. The van der Waals surface area contributed by atoms with Gasteiger partial charge in [0.2, 0.25) is 5.91 Å². The van der Waals surface area contributed by atoms with Gasteiger partial charge in [0.1, 0.15) is 0 Å². The van der Waals surface area contributed by atoms with Crippen LogP contribution < -0.4 is 15.5 Å². The molecule has 0 radical (unpaired) electrons. The van der Waals surface area contributed by atoms with E-state index in [0.29, 0.717) is 12.0 Å². The summed E-state index contributed by atoms with van der Waals surface area (Å²) < 4.78 is 0. The Hall–Kier alpha value is -1.26. The summed E-state index contributed by atoms with van der Waals surface area (Å²) in [7, 11) is 0. The molecule has 1 saturated carbocycles. The zero-order valence-corrected chi connectivity index (χ0v) is 14.8. The maximum Gasteiger partial charge on any atom is 0.237 e. The Morgan fingerprint density at radius 1 is 1.25 bits per heavy atom. The van der Waals surface area contributed by atoms with E-state index in [1.54, 1.807) is 0 Å². The molecule has 2 saturated heterocycles. The quantitative estimate of drug-likeness (QED) is 0.883. The molecule has 4 atom stereocenters. The van der Waals surface area contributed by atoms with Crippen LogP contribution in [-0.2, 0) is 4.79 Å². The second-order valence-electron chi connectivity index (χ2n) is 7.53. The highest BCUT2D eigenvalue weighted by Gasteiger charge is 2.39. The van der Waals surface area contributed by atoms with Gasteiger partial charge in [-0.05, 0) is 49.8 Å². The van der Waals surface area contributed by atoms with Crippen LogP contribution in [-0.4, -0.2) is 37.1 Å². The number of rotatable bonds is 3. The molecule has 4 rings (SSSR count). The summed E-state index contributed by atoms with van der Waals surface area (Å²) in [6.07, 6.45) is 7.17. The van der Waals surface area contributed by atoms with E-state index >= 15 is 0 Å². The van der Waals surface area contributed by atoms with Crippen LogP contribution in [0.2, 0.25) is 5.02 Å². The van der Waals surface area contributed by atoms with Gasteiger partial charge >= 0.3 is 0 Å². The van der Waals surface area contributed by atoms with Crippen LogP contribution in [0.1, 0.15) is 38.5 Å². The number of carbonyl (C=O) groups is 1. The van der Waals surface area contributed by atoms with E-state index in [9.17, 15) is 4.79 Å². The average Bonchev–Trinajstić information content (AvgIpc) is 3.21. The zero-order valence-electron chi connectivity index (χ0n) is 14.0. The third-order valence-corrected chi connectivity index (χ3v) is 6.12. The maximum absolute atomic E-state index is 12.6. The molecule has 0 aromatic heterocycles. The van der Waals surface area contributed by atoms with Crippen molar-refractivity contribution in [2.45, 2.75) is 56.7 Å². The Balaban J connectivity index is 1.31. The molecular weight excluding hydrogens is 322 g/mol. The Morgan fingerprint density at radius 2 is 2.12 bits per heavy atom. The van der Waals surface area contributed by atoms with E-state index in [2.05, 4.69) is 21.6 Å². The molecule has 0 bridgehead atoms. The minimum Gasteiger partial charge on any atom is -0.369 e. The molecule has 1 aromatic carbocycles. The summed E-state index contributed by atoms with van der Waals surface area (Å²) in [5.41, 5.74) is 1.14. The fourth-order valence-electron chi connectivity index (χ4n) is 4.61. The van der Waals surface area contributed by atoms with Crippen LogP contribution in [0.25, 0.3) is 0 Å². The maximum atomic E-state index is 12.6. The SMILES string of the molecule is O=C(NC1CCN(c2cccc(Cl)c2)C1)C1CC2CCCCC2N1. The van der Waals surface area contributed by atoms with Gasteiger partial charge in [0.15, 0.2) is 0 Å². The summed E-state index contributed by atoms with van der Waals surface area (Å²) in [6, 6.07) is 8.77. The molecule has 2 heterocycles. The van der Waals surface area contributed by atoms with Crippen molar-refractivity contribution in [1.82, 2.24) is 10.6 Å². The fourth-order valence-corrected chi connectivity index (χ4v) is 4.79. The smallest absolute Gasteiger partial charge is 0.237 e. The molecule has 3 fully saturated rings. The number of nitrogens with zero attached hydrogens (tertiary/aromatic N) is 1. The standard InChI is InChI=1S/C19H26ClN3O/c20-14-5-3-6-16(11-14)23-9-8-15(12-23)21-19(24)18-10-13-4-1-2-7-17(13)22-18/h3,5-6,11,13,15,17-18,22H,1-2,4,7-10,12H2,(H,21,24). The number of hydrogen-bond donors (Lipinski definition) is 2. The second-order valence-corrected chi connectivity index (χ2v) is 7.96. The van der Waals surface area contributed by atoms with E-state index in [0.717, 1.165) is 36.6 Å². The summed E-state index contributed by atoms with van der Waals surface area (Å²) in [5.74, 6) is 0.906. The van der Waals surface area contributed by atoms with Gasteiger partial charge in [0.25, 0.3) is 0 Å². The molecule has 4 unspecified atom stereocenters. The zero-order chi connectivity index (χ0) is 16.5. The highest BCUT2D eigenvalue weighted by molar-refractivity contribution is 6.30.